The molecule has 0 spiro atoms. The smallest absolute Gasteiger partial charge is 0.335 e. The first-order chi connectivity index (χ1) is 47.4. The van der Waals surface area contributed by atoms with Crippen LogP contribution in [0.4, 0.5) is 0 Å². The van der Waals surface area contributed by atoms with E-state index in [0.29, 0.717) is 98.7 Å². The lowest BCUT2D eigenvalue weighted by molar-refractivity contribution is 0.0686. The molecule has 0 aliphatic carbocycles. The van der Waals surface area contributed by atoms with Gasteiger partial charge < -0.3 is 50.6 Å². The summed E-state index contributed by atoms with van der Waals surface area (Å²) in [5, 5.41) is 64.6. The molecule has 466 valence electrons. The lowest BCUT2D eigenvalue weighted by Crippen LogP contribution is -1.96. The minimum atomic E-state index is -1.21. The Morgan fingerprint density at radius 1 is 0.204 bits per heavy atom. The number of aromatic carboxylic acids is 6. The lowest BCUT2D eigenvalue weighted by atomic mass is 10.0. The quantitative estimate of drug-likeness (QED) is 0.0708. The Bertz CT molecular complexity index is 6140. The lowest BCUT2D eigenvalue weighted by Gasteiger charge is -2.04. The van der Waals surface area contributed by atoms with Crippen LogP contribution in [0.25, 0.3) is 190 Å². The van der Waals surface area contributed by atoms with Gasteiger partial charge in [0.2, 0.25) is 0 Å². The summed E-state index contributed by atoms with van der Waals surface area (Å²) in [5.74, 6) is -6.54. The van der Waals surface area contributed by atoms with Gasteiger partial charge in [0.15, 0.2) is 46.6 Å². The first kappa shape index (κ1) is 56.1. The molecule has 98 heavy (non-hydrogen) atoms. The molecular weight excluding hydrogens is 1260 g/mol. The van der Waals surface area contributed by atoms with E-state index in [1.807, 2.05) is 36.4 Å². The van der Waals surface area contributed by atoms with Crippen LogP contribution in [0.2, 0.25) is 0 Å². The zero-order chi connectivity index (χ0) is 66.8. The predicted molar refractivity (Wildman–Crippen MR) is 353 cm³/mol. The van der Waals surface area contributed by atoms with Gasteiger partial charge in [-0.2, -0.15) is 0 Å². The Morgan fingerprint density at radius 2 is 0.398 bits per heavy atom. The van der Waals surface area contributed by atoms with Crippen LogP contribution in [0, 0.1) is 0 Å². The zero-order valence-corrected chi connectivity index (χ0v) is 49.4. The van der Waals surface area contributed by atoms with Crippen molar-refractivity contribution in [3.63, 3.8) is 0 Å². The van der Waals surface area contributed by atoms with Gasteiger partial charge in [-0.05, 0) is 145 Å². The van der Waals surface area contributed by atoms with Crippen molar-refractivity contribution in [2.45, 2.75) is 0 Å². The third-order valence-electron chi connectivity index (χ3n) is 17.5. The number of nitrogens with one attached hydrogen (secondary N) is 4. The normalized spacial score (nSPS) is 12.0. The summed E-state index contributed by atoms with van der Waals surface area (Å²) >= 11 is 0. The fourth-order valence-electron chi connectivity index (χ4n) is 12.7. The number of aromatic nitrogens is 16. The molecule has 0 amide bonds. The van der Waals surface area contributed by atoms with Crippen molar-refractivity contribution in [1.82, 2.24) is 79.7 Å². The van der Waals surface area contributed by atoms with Crippen LogP contribution in [0.3, 0.4) is 0 Å². The summed E-state index contributed by atoms with van der Waals surface area (Å²) in [6.07, 6.45) is 0. The Labute approximate surface area is 542 Å². The minimum Gasteiger partial charge on any atom is -0.478 e. The Hall–Kier alpha value is -14.7. The van der Waals surface area contributed by atoms with Gasteiger partial charge in [-0.3, -0.25) is 0 Å². The zero-order valence-electron chi connectivity index (χ0n) is 49.4. The summed E-state index contributed by atoms with van der Waals surface area (Å²) in [4.78, 5) is 148. The van der Waals surface area contributed by atoms with Crippen LogP contribution >= 0.6 is 0 Å². The maximum absolute atomic E-state index is 12.5. The number of carboxylic acid groups (broad SMARTS) is 6. The molecule has 6 aromatic heterocycles. The van der Waals surface area contributed by atoms with E-state index in [2.05, 4.69) is 19.9 Å². The van der Waals surface area contributed by atoms with E-state index in [4.69, 9.17) is 59.8 Å². The number of hydrogen-bond acceptors (Lipinski definition) is 18. The van der Waals surface area contributed by atoms with Crippen LogP contribution in [0.1, 0.15) is 62.1 Å². The van der Waals surface area contributed by atoms with Crippen LogP contribution in [0.5, 0.6) is 0 Å². The topological polar surface area (TPSA) is 442 Å². The van der Waals surface area contributed by atoms with Crippen molar-refractivity contribution in [1.29, 1.82) is 0 Å². The van der Waals surface area contributed by atoms with Gasteiger partial charge in [0.25, 0.3) is 0 Å². The second-order valence-electron chi connectivity index (χ2n) is 23.1. The number of H-pyrrole nitrogens is 4. The van der Waals surface area contributed by atoms with Crippen LogP contribution in [-0.2, 0) is 0 Å². The molecular formula is C70H34N16O12. The molecule has 0 atom stereocenters. The first-order valence-corrected chi connectivity index (χ1v) is 29.6. The standard InChI is InChI=1S/C70H34N16O12/c87-65(88)27-3-11-35-43(19-27)61-77-51(35)73-57-41-17-25(1-9-33(41)49(71-57)75-59-45-21-29(67(91)92)5-13-37(45)53(79-59)83-63-47-23-31(69(95)96)7-15-39(47)55(81-61)85-63)26-2-10-34-42(18-26)58-72-50(34)76-60-46-22-30(68(93)94)6-14-38(46)54(80-60)84-64-48-24-32(70(97)98)8-16-40(48)56(86-64)82-62-44-20-28(66(89)90)4-12-36(44)52(74-58)78-62/h1-24H,(H,87,88)(H,89,90)(H,91,92)(H,93,94)(H,95,96)(H,97,98)(H2,71,73,75,77,79,81,83,85)(H2,72,74,76,78,80,82,84,86). The van der Waals surface area contributed by atoms with Crippen molar-refractivity contribution >= 4 is 124 Å². The second kappa shape index (κ2) is 20.4. The Morgan fingerprint density at radius 3 is 0.643 bits per heavy atom. The van der Waals surface area contributed by atoms with Gasteiger partial charge in [0, 0.05) is 87.6 Å². The first-order valence-electron chi connectivity index (χ1n) is 29.6. The summed E-state index contributed by atoms with van der Waals surface area (Å²) in [6.45, 7) is 0. The van der Waals surface area contributed by atoms with Crippen molar-refractivity contribution in [3.05, 3.63) is 179 Å². The summed E-state index contributed by atoms with van der Waals surface area (Å²) in [7, 11) is 0. The van der Waals surface area contributed by atoms with E-state index >= 15 is 0 Å². The molecule has 0 saturated carbocycles. The molecule has 0 fully saturated rings. The predicted octanol–water partition coefficient (Wildman–Crippen LogP) is 11.9. The highest BCUT2D eigenvalue weighted by Gasteiger charge is 2.29. The molecule has 8 aromatic carbocycles. The van der Waals surface area contributed by atoms with Gasteiger partial charge in [-0.1, -0.05) is 12.1 Å². The number of aromatic amines is 4. The number of fused-ring (bicyclic) bond motifs is 40. The van der Waals surface area contributed by atoms with Crippen LogP contribution in [-0.4, -0.2) is 146 Å². The number of nitrogens with zero attached hydrogens (tertiary/aromatic N) is 12. The summed E-state index contributed by atoms with van der Waals surface area (Å²) < 4.78 is 0. The molecule has 4 aliphatic rings. The highest BCUT2D eigenvalue weighted by Crippen LogP contribution is 2.42. The summed E-state index contributed by atoms with van der Waals surface area (Å²) in [5.41, 5.74) is 5.40. The number of benzene rings is 8. The third kappa shape index (κ3) is 8.71. The number of hydrogen-bond donors (Lipinski definition) is 10. The van der Waals surface area contributed by atoms with Crippen molar-refractivity contribution < 1.29 is 59.4 Å². The van der Waals surface area contributed by atoms with E-state index < -0.39 is 35.8 Å². The maximum atomic E-state index is 12.5. The number of carbonyl (C=O) groups is 6. The molecule has 28 nitrogen and oxygen atoms in total. The number of carboxylic acids is 6. The second-order valence-corrected chi connectivity index (χ2v) is 23.1. The molecule has 16 bridgehead atoms. The van der Waals surface area contributed by atoms with Gasteiger partial charge in [-0.15, -0.1) is 0 Å². The molecule has 10 N–H and O–H groups in total. The molecule has 4 aliphatic heterocycles. The minimum absolute atomic E-state index is 0.0532. The van der Waals surface area contributed by atoms with E-state index in [9.17, 15) is 59.4 Å². The van der Waals surface area contributed by atoms with Gasteiger partial charge in [0.1, 0.15) is 45.2 Å². The van der Waals surface area contributed by atoms with Crippen LogP contribution < -0.4 is 0 Å². The number of rotatable bonds is 7. The Kier molecular flexibility index (Phi) is 11.7. The molecule has 0 saturated heterocycles. The van der Waals surface area contributed by atoms with Gasteiger partial charge in [0.05, 0.1) is 33.4 Å². The van der Waals surface area contributed by atoms with Gasteiger partial charge >= 0.3 is 35.8 Å². The van der Waals surface area contributed by atoms with Gasteiger partial charge in [-0.25, -0.2) is 88.6 Å². The van der Waals surface area contributed by atoms with E-state index in [0.717, 1.165) is 0 Å². The fourth-order valence-corrected chi connectivity index (χ4v) is 12.7. The van der Waals surface area contributed by atoms with E-state index in [1.54, 1.807) is 36.4 Å². The average molecular weight is 1290 g/mol. The molecule has 0 unspecified atom stereocenters. The highest BCUT2D eigenvalue weighted by molar-refractivity contribution is 6.12. The fraction of sp³-hybridized carbons (Fsp3) is 0. The molecule has 28 heteroatoms. The average Bonchev–Trinajstić information content (AvgIpc) is 1.60. The SMILES string of the molecule is O=C(O)c1ccc2c(c1)-c1nc-2nc2[nH]c(nc3nc(nc4[nH]c(n1)c1ccc(C(=O)O)cc41)-c1ccc(C(=O)O)cc1-3)c1ccc(-c3ccc4c5nc6nc(nc7[nH]c(nc8nc(nc([nH]5)c4c3)-c3ccc(C(=O)O)cc3-8)c3ccc(C(=O)O)cc73)-c3ccc(C(=O)O)cc3-6)cc21. The Balaban J connectivity index is 0.898. The van der Waals surface area contributed by atoms with Crippen molar-refractivity contribution in [2.24, 2.45) is 0 Å². The largest absolute Gasteiger partial charge is 0.478 e. The highest BCUT2D eigenvalue weighted by atomic mass is 16.4. The molecule has 10 heterocycles. The van der Waals surface area contributed by atoms with Crippen LogP contribution in [0.15, 0.2) is 146 Å². The third-order valence-corrected chi connectivity index (χ3v) is 17.5. The summed E-state index contributed by atoms with van der Waals surface area (Å²) in [6, 6.07) is 37.5. The monoisotopic (exact) mass is 1290 g/mol. The van der Waals surface area contributed by atoms with E-state index in [-0.39, 0.29) is 125 Å². The molecule has 0 radical (unpaired) electrons. The van der Waals surface area contributed by atoms with Crippen molar-refractivity contribution in [3.8, 4) is 102 Å². The maximum Gasteiger partial charge on any atom is 0.335 e. The molecule has 14 aromatic rings. The van der Waals surface area contributed by atoms with Crippen molar-refractivity contribution in [2.75, 3.05) is 0 Å². The van der Waals surface area contributed by atoms with E-state index in [1.165, 1.54) is 72.8 Å². The molecule has 18 rings (SSSR count).